The van der Waals surface area contributed by atoms with Crippen molar-refractivity contribution in [3.63, 3.8) is 0 Å². The van der Waals surface area contributed by atoms with E-state index in [1.807, 2.05) is 18.2 Å². The highest BCUT2D eigenvalue weighted by Gasteiger charge is 2.22. The third-order valence-corrected chi connectivity index (χ3v) is 4.75. The highest BCUT2D eigenvalue weighted by molar-refractivity contribution is 9.10. The van der Waals surface area contributed by atoms with Crippen LogP contribution >= 0.6 is 55.1 Å². The molecular weight excluding hydrogens is 443 g/mol. The fourth-order valence-electron chi connectivity index (χ4n) is 2.05. The van der Waals surface area contributed by atoms with Gasteiger partial charge in [0.2, 0.25) is 0 Å². The molecule has 0 bridgehead atoms. The van der Waals surface area contributed by atoms with Crippen LogP contribution in [0.25, 0.3) is 0 Å². The molecule has 21 heavy (non-hydrogen) atoms. The lowest BCUT2D eigenvalue weighted by atomic mass is 10.0. The number of hydrogen-bond acceptors (Lipinski definition) is 2. The fraction of sp³-hybridized carbons (Fsp3) is 0.200. The minimum Gasteiger partial charge on any atom is -0.496 e. The first kappa shape index (κ1) is 16.9. The van der Waals surface area contributed by atoms with Crippen LogP contribution in [0, 0.1) is 0 Å². The summed E-state index contributed by atoms with van der Waals surface area (Å²) in [6.07, 6.45) is 0. The Kier molecular flexibility index (Phi) is 5.83. The summed E-state index contributed by atoms with van der Waals surface area (Å²) in [5, 5.41) is 0.136. The van der Waals surface area contributed by atoms with Gasteiger partial charge in [0.05, 0.1) is 24.1 Å². The van der Waals surface area contributed by atoms with Gasteiger partial charge < -0.3 is 9.47 Å². The average molecular weight is 455 g/mol. The van der Waals surface area contributed by atoms with Gasteiger partial charge in [-0.15, -0.1) is 11.6 Å². The lowest BCUT2D eigenvalue weighted by Gasteiger charge is -2.18. The number of methoxy groups -OCH3 is 2. The lowest BCUT2D eigenvalue weighted by Crippen LogP contribution is -2.01. The van der Waals surface area contributed by atoms with Gasteiger partial charge in [-0.05, 0) is 40.2 Å². The molecule has 0 radical (unpaired) electrons. The Morgan fingerprint density at radius 2 is 1.71 bits per heavy atom. The minimum absolute atomic E-state index is 0.446. The number of rotatable bonds is 4. The molecule has 0 aliphatic heterocycles. The van der Waals surface area contributed by atoms with Crippen LogP contribution in [0.1, 0.15) is 16.5 Å². The second-order valence-corrected chi connectivity index (χ2v) is 6.90. The Balaban J connectivity index is 2.57. The van der Waals surface area contributed by atoms with Crippen molar-refractivity contribution in [1.82, 2.24) is 0 Å². The normalized spacial score (nSPS) is 12.1. The molecule has 0 saturated heterocycles. The molecule has 1 atom stereocenters. The third-order valence-electron chi connectivity index (χ3n) is 2.98. The zero-order chi connectivity index (χ0) is 15.6. The first-order valence-corrected chi connectivity index (χ1v) is 8.38. The Labute approximate surface area is 150 Å². The second kappa shape index (κ2) is 7.23. The first-order chi connectivity index (χ1) is 9.97. The number of ether oxygens (including phenoxy) is 2. The summed E-state index contributed by atoms with van der Waals surface area (Å²) < 4.78 is 12.5. The van der Waals surface area contributed by atoms with Gasteiger partial charge in [0.1, 0.15) is 11.5 Å². The average Bonchev–Trinajstić information content (AvgIpc) is 2.45. The molecule has 0 N–H and O–H groups in total. The van der Waals surface area contributed by atoms with Gasteiger partial charge in [-0.2, -0.15) is 0 Å². The minimum atomic E-state index is -0.446. The lowest BCUT2D eigenvalue weighted by molar-refractivity contribution is 0.403. The van der Waals surface area contributed by atoms with Gasteiger partial charge >= 0.3 is 0 Å². The van der Waals surface area contributed by atoms with Crippen LogP contribution in [0.15, 0.2) is 39.3 Å². The van der Waals surface area contributed by atoms with Crippen molar-refractivity contribution in [2.45, 2.75) is 5.38 Å². The number of benzene rings is 2. The molecule has 6 heteroatoms. The van der Waals surface area contributed by atoms with Crippen molar-refractivity contribution in [3.05, 3.63) is 55.4 Å². The van der Waals surface area contributed by atoms with Crippen molar-refractivity contribution in [2.75, 3.05) is 14.2 Å². The number of hydrogen-bond donors (Lipinski definition) is 0. The molecule has 0 aliphatic rings. The molecule has 2 aromatic rings. The fourth-order valence-corrected chi connectivity index (χ4v) is 3.72. The van der Waals surface area contributed by atoms with Crippen molar-refractivity contribution < 1.29 is 9.47 Å². The molecule has 0 saturated carbocycles. The molecule has 112 valence electrons. The van der Waals surface area contributed by atoms with E-state index in [1.165, 1.54) is 0 Å². The SMILES string of the molecule is COc1cc(Br)ccc1C(Cl)c1cc(Cl)cc(Br)c1OC. The maximum Gasteiger partial charge on any atom is 0.138 e. The van der Waals surface area contributed by atoms with Crippen LogP contribution in [0.2, 0.25) is 5.02 Å². The summed E-state index contributed by atoms with van der Waals surface area (Å²) >= 11 is 19.6. The van der Waals surface area contributed by atoms with E-state index < -0.39 is 5.38 Å². The van der Waals surface area contributed by atoms with E-state index in [4.69, 9.17) is 32.7 Å². The van der Waals surface area contributed by atoms with Gasteiger partial charge in [0.25, 0.3) is 0 Å². The van der Waals surface area contributed by atoms with Gasteiger partial charge in [0, 0.05) is 20.6 Å². The van der Waals surface area contributed by atoms with E-state index in [0.717, 1.165) is 20.1 Å². The summed E-state index contributed by atoms with van der Waals surface area (Å²) in [7, 11) is 3.21. The number of alkyl halides is 1. The van der Waals surface area contributed by atoms with Crippen LogP contribution < -0.4 is 9.47 Å². The van der Waals surface area contributed by atoms with Crippen molar-refractivity contribution in [1.29, 1.82) is 0 Å². The highest BCUT2D eigenvalue weighted by Crippen LogP contribution is 2.44. The summed E-state index contributed by atoms with van der Waals surface area (Å²) in [6.45, 7) is 0. The zero-order valence-corrected chi connectivity index (χ0v) is 16.0. The molecule has 0 aliphatic carbocycles. The van der Waals surface area contributed by atoms with Gasteiger partial charge in [0.15, 0.2) is 0 Å². The van der Waals surface area contributed by atoms with E-state index in [2.05, 4.69) is 31.9 Å². The Morgan fingerprint density at radius 1 is 1.00 bits per heavy atom. The molecule has 0 spiro atoms. The monoisotopic (exact) mass is 452 g/mol. The largest absolute Gasteiger partial charge is 0.496 e. The van der Waals surface area contributed by atoms with E-state index in [1.54, 1.807) is 26.4 Å². The van der Waals surface area contributed by atoms with E-state index >= 15 is 0 Å². The number of halogens is 4. The maximum absolute atomic E-state index is 6.64. The predicted molar refractivity (Wildman–Crippen MR) is 94.1 cm³/mol. The van der Waals surface area contributed by atoms with E-state index in [-0.39, 0.29) is 0 Å². The Bertz CT molecular complexity index is 662. The Hall–Kier alpha value is -0.420. The quantitative estimate of drug-likeness (QED) is 0.511. The van der Waals surface area contributed by atoms with Crippen LogP contribution in [0.5, 0.6) is 11.5 Å². The van der Waals surface area contributed by atoms with Crippen molar-refractivity contribution in [3.8, 4) is 11.5 Å². The van der Waals surface area contributed by atoms with Gasteiger partial charge in [-0.25, -0.2) is 0 Å². The molecule has 0 fully saturated rings. The van der Waals surface area contributed by atoms with E-state index in [9.17, 15) is 0 Å². The second-order valence-electron chi connectivity index (χ2n) is 4.26. The Morgan fingerprint density at radius 3 is 2.33 bits per heavy atom. The highest BCUT2D eigenvalue weighted by atomic mass is 79.9. The summed E-state index contributed by atoms with van der Waals surface area (Å²) in [4.78, 5) is 0. The standard InChI is InChI=1S/C15H12Br2Cl2O2/c1-20-13-5-8(16)3-4-10(13)14(19)11-6-9(18)7-12(17)15(11)21-2/h3-7,14H,1-2H3. The van der Waals surface area contributed by atoms with Crippen LogP contribution in [0.4, 0.5) is 0 Å². The molecular formula is C15H12Br2Cl2O2. The molecule has 2 aromatic carbocycles. The van der Waals surface area contributed by atoms with Crippen LogP contribution in [-0.2, 0) is 0 Å². The summed E-state index contributed by atoms with van der Waals surface area (Å²) in [6, 6.07) is 9.27. The van der Waals surface area contributed by atoms with Crippen molar-refractivity contribution >= 4 is 55.1 Å². The molecule has 2 nitrogen and oxygen atoms in total. The topological polar surface area (TPSA) is 18.5 Å². The smallest absolute Gasteiger partial charge is 0.138 e. The van der Waals surface area contributed by atoms with Gasteiger partial charge in [-0.1, -0.05) is 33.6 Å². The third kappa shape index (κ3) is 3.67. The molecule has 2 rings (SSSR count). The van der Waals surface area contributed by atoms with Gasteiger partial charge in [-0.3, -0.25) is 0 Å². The van der Waals surface area contributed by atoms with Crippen molar-refractivity contribution in [2.24, 2.45) is 0 Å². The van der Waals surface area contributed by atoms with Crippen LogP contribution in [0.3, 0.4) is 0 Å². The molecule has 0 aromatic heterocycles. The van der Waals surface area contributed by atoms with Crippen LogP contribution in [-0.4, -0.2) is 14.2 Å². The predicted octanol–water partition coefficient (Wildman–Crippen LogP) is 6.21. The van der Waals surface area contributed by atoms with E-state index in [0.29, 0.717) is 16.5 Å². The molecule has 0 heterocycles. The zero-order valence-electron chi connectivity index (χ0n) is 11.3. The molecule has 1 unspecified atom stereocenters. The summed E-state index contributed by atoms with van der Waals surface area (Å²) in [5.74, 6) is 1.35. The maximum atomic E-state index is 6.64. The molecule has 0 amide bonds. The first-order valence-electron chi connectivity index (χ1n) is 5.98. The summed E-state index contributed by atoms with van der Waals surface area (Å²) in [5.41, 5.74) is 1.62.